The van der Waals surface area contributed by atoms with Gasteiger partial charge in [-0.25, -0.2) is 0 Å². The number of thiol groups is 1. The molecule has 2 rings (SSSR count). The molecule has 3 atom stereocenters. The molecule has 2 saturated heterocycles. The molecule has 0 aromatic heterocycles. The minimum absolute atomic E-state index is 0.154. The second kappa shape index (κ2) is 7.81. The molecule has 0 aromatic rings. The van der Waals surface area contributed by atoms with Crippen LogP contribution < -0.4 is 10.6 Å². The highest BCUT2D eigenvalue weighted by atomic mass is 32.1. The predicted octanol–water partition coefficient (Wildman–Crippen LogP) is 1.18. The van der Waals surface area contributed by atoms with Crippen LogP contribution in [-0.2, 0) is 4.74 Å². The number of piperidine rings is 1. The van der Waals surface area contributed by atoms with Gasteiger partial charge in [-0.15, -0.1) is 0 Å². The monoisotopic (exact) mass is 330 g/mol. The number of ether oxygens (including phenoxy) is 1. The first-order chi connectivity index (χ1) is 10.3. The normalized spacial score (nSPS) is 30.0. The summed E-state index contributed by atoms with van der Waals surface area (Å²) < 4.78 is 5.78. The number of epoxide rings is 1. The van der Waals surface area contributed by atoms with E-state index in [-0.39, 0.29) is 18.0 Å². The molecular weight excluding hydrogens is 296 g/mol. The standard InChI is InChI=1S/C16H34N4OS/c1-12(2)10-17-14-15(21-14)18-16(11-19(4)5)6-8-20(9-7-16)13(3)22/h12-15,17-18,22H,6-11H2,1-5H3. The summed E-state index contributed by atoms with van der Waals surface area (Å²) in [5.41, 5.74) is 0.154. The van der Waals surface area contributed by atoms with Crippen molar-refractivity contribution in [1.82, 2.24) is 20.4 Å². The summed E-state index contributed by atoms with van der Waals surface area (Å²) in [6.07, 6.45) is 2.64. The lowest BCUT2D eigenvalue weighted by Gasteiger charge is -2.44. The molecule has 2 fully saturated rings. The first kappa shape index (κ1) is 18.5. The molecule has 0 spiro atoms. The maximum absolute atomic E-state index is 5.78. The lowest BCUT2D eigenvalue weighted by atomic mass is 9.86. The number of rotatable bonds is 8. The van der Waals surface area contributed by atoms with Crippen LogP contribution in [-0.4, -0.2) is 73.4 Å². The Kier molecular flexibility index (Phi) is 6.57. The van der Waals surface area contributed by atoms with Gasteiger partial charge in [0.15, 0.2) is 12.5 Å². The van der Waals surface area contributed by atoms with Gasteiger partial charge in [0.1, 0.15) is 0 Å². The first-order valence-electron chi connectivity index (χ1n) is 8.55. The van der Waals surface area contributed by atoms with E-state index in [1.165, 1.54) is 0 Å². The van der Waals surface area contributed by atoms with Gasteiger partial charge in [-0.05, 0) is 46.3 Å². The third-order valence-corrected chi connectivity index (χ3v) is 4.90. The van der Waals surface area contributed by atoms with Crippen LogP contribution in [0, 0.1) is 5.92 Å². The molecule has 2 aliphatic rings. The van der Waals surface area contributed by atoms with Crippen LogP contribution in [0.25, 0.3) is 0 Å². The average molecular weight is 331 g/mol. The number of hydrogen-bond acceptors (Lipinski definition) is 6. The second-order valence-electron chi connectivity index (χ2n) is 7.61. The molecule has 6 heteroatoms. The van der Waals surface area contributed by atoms with Gasteiger partial charge in [-0.1, -0.05) is 13.8 Å². The van der Waals surface area contributed by atoms with E-state index >= 15 is 0 Å². The molecule has 3 unspecified atom stereocenters. The lowest BCUT2D eigenvalue weighted by Crippen LogP contribution is -2.60. The van der Waals surface area contributed by atoms with Crippen molar-refractivity contribution in [1.29, 1.82) is 0 Å². The molecule has 0 bridgehead atoms. The zero-order valence-electron chi connectivity index (χ0n) is 14.8. The van der Waals surface area contributed by atoms with Crippen molar-refractivity contribution in [2.45, 2.75) is 57.0 Å². The van der Waals surface area contributed by atoms with Gasteiger partial charge in [0.2, 0.25) is 0 Å². The summed E-state index contributed by atoms with van der Waals surface area (Å²) in [4.78, 5) is 4.73. The Balaban J connectivity index is 1.86. The molecule has 5 nitrogen and oxygen atoms in total. The number of likely N-dealkylation sites (tertiary alicyclic amines) is 1. The molecule has 2 aliphatic heterocycles. The number of likely N-dealkylation sites (N-methyl/N-ethyl adjacent to an activating group) is 1. The maximum atomic E-state index is 5.78. The fourth-order valence-electron chi connectivity index (χ4n) is 3.31. The van der Waals surface area contributed by atoms with Crippen LogP contribution in [0.15, 0.2) is 0 Å². The Hall–Kier alpha value is 0.150. The van der Waals surface area contributed by atoms with E-state index in [9.17, 15) is 0 Å². The smallest absolute Gasteiger partial charge is 0.150 e. The van der Waals surface area contributed by atoms with E-state index in [0.29, 0.717) is 11.3 Å². The van der Waals surface area contributed by atoms with Crippen molar-refractivity contribution >= 4 is 12.6 Å². The third kappa shape index (κ3) is 5.35. The number of nitrogens with zero attached hydrogens (tertiary/aromatic N) is 2. The molecule has 130 valence electrons. The van der Waals surface area contributed by atoms with Gasteiger partial charge >= 0.3 is 0 Å². The molecule has 0 radical (unpaired) electrons. The summed E-state index contributed by atoms with van der Waals surface area (Å²) >= 11 is 4.57. The molecule has 0 aromatic carbocycles. The summed E-state index contributed by atoms with van der Waals surface area (Å²) in [5, 5.41) is 7.61. The van der Waals surface area contributed by atoms with E-state index < -0.39 is 0 Å². The van der Waals surface area contributed by atoms with Gasteiger partial charge in [-0.2, -0.15) is 12.6 Å². The van der Waals surface area contributed by atoms with E-state index in [2.05, 4.69) is 67.9 Å². The van der Waals surface area contributed by atoms with Crippen molar-refractivity contribution < 1.29 is 4.74 Å². The predicted molar refractivity (Wildman–Crippen MR) is 95.2 cm³/mol. The number of nitrogens with one attached hydrogen (secondary N) is 2. The Morgan fingerprint density at radius 2 is 1.86 bits per heavy atom. The van der Waals surface area contributed by atoms with Crippen molar-refractivity contribution in [3.8, 4) is 0 Å². The van der Waals surface area contributed by atoms with Crippen LogP contribution in [0.1, 0.15) is 33.6 Å². The van der Waals surface area contributed by atoms with Gasteiger partial charge in [0.05, 0.1) is 0 Å². The third-order valence-electron chi connectivity index (χ3n) is 4.57. The van der Waals surface area contributed by atoms with E-state index in [1.807, 2.05) is 0 Å². The molecule has 2 heterocycles. The fourth-order valence-corrected chi connectivity index (χ4v) is 3.54. The van der Waals surface area contributed by atoms with Crippen LogP contribution >= 0.6 is 12.6 Å². The quantitative estimate of drug-likeness (QED) is 0.461. The zero-order chi connectivity index (χ0) is 16.3. The van der Waals surface area contributed by atoms with Gasteiger partial charge in [-0.3, -0.25) is 15.5 Å². The highest BCUT2D eigenvalue weighted by molar-refractivity contribution is 7.80. The average Bonchev–Trinajstić information content (AvgIpc) is 3.14. The summed E-state index contributed by atoms with van der Waals surface area (Å²) in [6, 6.07) is 0. The van der Waals surface area contributed by atoms with E-state index in [0.717, 1.165) is 39.0 Å². The molecule has 0 saturated carbocycles. The lowest BCUT2D eigenvalue weighted by molar-refractivity contribution is 0.0955. The summed E-state index contributed by atoms with van der Waals surface area (Å²) in [5.74, 6) is 0.653. The topological polar surface area (TPSA) is 43.1 Å². The van der Waals surface area contributed by atoms with Crippen LogP contribution in [0.4, 0.5) is 0 Å². The minimum Gasteiger partial charge on any atom is -0.337 e. The zero-order valence-corrected chi connectivity index (χ0v) is 15.7. The summed E-state index contributed by atoms with van der Waals surface area (Å²) in [6.45, 7) is 10.9. The van der Waals surface area contributed by atoms with Crippen LogP contribution in [0.3, 0.4) is 0 Å². The Morgan fingerprint density at radius 3 is 2.36 bits per heavy atom. The van der Waals surface area contributed by atoms with Crippen molar-refractivity contribution in [3.05, 3.63) is 0 Å². The second-order valence-corrected chi connectivity index (χ2v) is 8.36. The van der Waals surface area contributed by atoms with Crippen LogP contribution in [0.5, 0.6) is 0 Å². The molecule has 22 heavy (non-hydrogen) atoms. The van der Waals surface area contributed by atoms with Crippen LogP contribution in [0.2, 0.25) is 0 Å². The number of hydrogen-bond donors (Lipinski definition) is 3. The molecule has 0 amide bonds. The van der Waals surface area contributed by atoms with Crippen molar-refractivity contribution in [2.24, 2.45) is 5.92 Å². The SMILES string of the molecule is CC(C)CNC1OC1NC1(CN(C)C)CCN(C(C)S)CC1. The van der Waals surface area contributed by atoms with Gasteiger partial charge in [0.25, 0.3) is 0 Å². The Labute approximate surface area is 141 Å². The molecule has 2 N–H and O–H groups in total. The fraction of sp³-hybridized carbons (Fsp3) is 1.00. The molecular formula is C16H34N4OS. The van der Waals surface area contributed by atoms with Crippen molar-refractivity contribution in [2.75, 3.05) is 40.3 Å². The van der Waals surface area contributed by atoms with Crippen molar-refractivity contribution in [3.63, 3.8) is 0 Å². The highest BCUT2D eigenvalue weighted by Crippen LogP contribution is 2.29. The van der Waals surface area contributed by atoms with E-state index in [1.54, 1.807) is 0 Å². The maximum Gasteiger partial charge on any atom is 0.150 e. The van der Waals surface area contributed by atoms with Gasteiger partial charge in [0, 0.05) is 30.5 Å². The minimum atomic E-state index is 0.154. The highest BCUT2D eigenvalue weighted by Gasteiger charge is 2.46. The first-order valence-corrected chi connectivity index (χ1v) is 9.06. The Bertz CT molecular complexity index is 343. The summed E-state index contributed by atoms with van der Waals surface area (Å²) in [7, 11) is 4.30. The van der Waals surface area contributed by atoms with E-state index in [4.69, 9.17) is 4.74 Å². The van der Waals surface area contributed by atoms with Gasteiger partial charge < -0.3 is 9.64 Å². The molecule has 0 aliphatic carbocycles. The largest absolute Gasteiger partial charge is 0.337 e. The Morgan fingerprint density at radius 1 is 1.23 bits per heavy atom.